The van der Waals surface area contributed by atoms with E-state index < -0.39 is 23.5 Å². The number of nitrogens with one attached hydrogen (secondary N) is 2. The number of aromatic carboxylic acids is 1. The number of nitrogens with zero attached hydrogens (tertiary/aromatic N) is 2. The monoisotopic (exact) mass is 520 g/mol. The Hall–Kier alpha value is -3.38. The molecule has 1 aromatic carbocycles. The van der Waals surface area contributed by atoms with Crippen LogP contribution in [-0.4, -0.2) is 92.0 Å². The minimum atomic E-state index is -1.13. The molecule has 3 N–H and O–H groups in total. The van der Waals surface area contributed by atoms with Gasteiger partial charge in [-0.25, -0.2) is 9.59 Å². The molecular weight excluding hydrogens is 484 g/mol. The van der Waals surface area contributed by atoms with Gasteiger partial charge in [-0.05, 0) is 39.3 Å². The number of rotatable bonds is 9. The number of piperazine rings is 1. The van der Waals surface area contributed by atoms with Crippen molar-refractivity contribution < 1.29 is 38.5 Å². The summed E-state index contributed by atoms with van der Waals surface area (Å²) in [6.45, 7) is 7.82. The highest BCUT2D eigenvalue weighted by atomic mass is 16.6. The largest absolute Gasteiger partial charge is 0.489 e. The first-order valence-electron chi connectivity index (χ1n) is 12.3. The Bertz CT molecular complexity index is 1010. The van der Waals surface area contributed by atoms with Gasteiger partial charge < -0.3 is 34.4 Å². The van der Waals surface area contributed by atoms with Crippen LogP contribution in [0.2, 0.25) is 0 Å². The number of carbonyl (C=O) groups is 4. The average molecular weight is 521 g/mol. The number of piperidine rings is 1. The summed E-state index contributed by atoms with van der Waals surface area (Å²) < 4.78 is 16.6. The van der Waals surface area contributed by atoms with Crippen LogP contribution in [0.1, 0.15) is 49.5 Å². The highest BCUT2D eigenvalue weighted by Gasteiger charge is 2.30. The second kappa shape index (κ2) is 12.2. The fourth-order valence-electron chi connectivity index (χ4n) is 4.20. The Morgan fingerprint density at radius 2 is 1.84 bits per heavy atom. The standard InChI is InChI=1S/C25H36N4O8/c1-25(2,3)37-24(34)29-11-9-28(10-12-29)19-7-5-16(23(32)33)17(21(19)36-14-13-35-4)15-26-18-6-8-20(30)27-22(18)31/h5,7,18,26H,6,8-15H2,1-4H3,(H,32,33)(H,27,30,31). The number of anilines is 1. The van der Waals surface area contributed by atoms with E-state index in [9.17, 15) is 24.3 Å². The molecule has 1 aromatic rings. The topological polar surface area (TPSA) is 147 Å². The van der Waals surface area contributed by atoms with Crippen molar-refractivity contribution in [2.75, 3.05) is 51.4 Å². The number of amides is 3. The van der Waals surface area contributed by atoms with Crippen LogP contribution < -0.4 is 20.3 Å². The van der Waals surface area contributed by atoms with Crippen molar-refractivity contribution >= 4 is 29.6 Å². The average Bonchev–Trinajstić information content (AvgIpc) is 2.82. The molecule has 1 unspecified atom stereocenters. The van der Waals surface area contributed by atoms with Crippen LogP contribution in [0, 0.1) is 0 Å². The van der Waals surface area contributed by atoms with Gasteiger partial charge in [-0.3, -0.25) is 14.9 Å². The molecule has 0 spiro atoms. The van der Waals surface area contributed by atoms with Crippen LogP contribution >= 0.6 is 0 Å². The van der Waals surface area contributed by atoms with E-state index in [1.54, 1.807) is 18.1 Å². The van der Waals surface area contributed by atoms with E-state index in [0.29, 0.717) is 56.2 Å². The van der Waals surface area contributed by atoms with Gasteiger partial charge in [0.1, 0.15) is 18.0 Å². The van der Waals surface area contributed by atoms with Gasteiger partial charge in [-0.1, -0.05) is 0 Å². The lowest BCUT2D eigenvalue weighted by atomic mass is 10.0. The van der Waals surface area contributed by atoms with Gasteiger partial charge >= 0.3 is 12.1 Å². The minimum absolute atomic E-state index is 0.0436. The minimum Gasteiger partial charge on any atom is -0.489 e. The van der Waals surface area contributed by atoms with Crippen molar-refractivity contribution in [1.82, 2.24) is 15.5 Å². The molecule has 0 bridgehead atoms. The smallest absolute Gasteiger partial charge is 0.410 e. The molecule has 2 heterocycles. The van der Waals surface area contributed by atoms with Crippen LogP contribution in [0.15, 0.2) is 12.1 Å². The molecule has 0 aromatic heterocycles. The summed E-state index contributed by atoms with van der Waals surface area (Å²) in [7, 11) is 1.54. The molecule has 0 saturated carbocycles. The molecule has 2 aliphatic heterocycles. The first kappa shape index (κ1) is 28.2. The van der Waals surface area contributed by atoms with Crippen molar-refractivity contribution in [2.45, 2.75) is 51.8 Å². The normalized spacial score (nSPS) is 18.4. The third-order valence-corrected chi connectivity index (χ3v) is 6.04. The summed E-state index contributed by atoms with van der Waals surface area (Å²) >= 11 is 0. The quantitative estimate of drug-likeness (QED) is 0.322. The maximum Gasteiger partial charge on any atom is 0.410 e. The number of carbonyl (C=O) groups excluding carboxylic acids is 3. The molecule has 1 atom stereocenters. The van der Waals surface area contributed by atoms with Gasteiger partial charge in [0.25, 0.3) is 0 Å². The first-order valence-corrected chi connectivity index (χ1v) is 12.3. The summed E-state index contributed by atoms with van der Waals surface area (Å²) in [6.07, 6.45) is 0.146. The van der Waals surface area contributed by atoms with E-state index in [2.05, 4.69) is 10.6 Å². The Balaban J connectivity index is 1.84. The van der Waals surface area contributed by atoms with E-state index >= 15 is 0 Å². The Morgan fingerprint density at radius 1 is 1.14 bits per heavy atom. The summed E-state index contributed by atoms with van der Waals surface area (Å²) in [6, 6.07) is 2.58. The maximum absolute atomic E-state index is 12.5. The number of carboxylic acid groups (broad SMARTS) is 1. The van der Waals surface area contributed by atoms with Crippen LogP contribution in [0.5, 0.6) is 5.75 Å². The molecule has 0 radical (unpaired) electrons. The number of ether oxygens (including phenoxy) is 3. The van der Waals surface area contributed by atoms with Crippen molar-refractivity contribution in [2.24, 2.45) is 0 Å². The molecule has 2 fully saturated rings. The van der Waals surface area contributed by atoms with Crippen molar-refractivity contribution in [3.63, 3.8) is 0 Å². The molecular formula is C25H36N4O8. The zero-order valence-corrected chi connectivity index (χ0v) is 21.8. The maximum atomic E-state index is 12.5. The zero-order chi connectivity index (χ0) is 27.2. The molecule has 204 valence electrons. The predicted molar refractivity (Wildman–Crippen MR) is 134 cm³/mol. The van der Waals surface area contributed by atoms with E-state index in [1.807, 2.05) is 25.7 Å². The van der Waals surface area contributed by atoms with Crippen molar-refractivity contribution in [3.8, 4) is 5.75 Å². The third kappa shape index (κ3) is 7.56. The highest BCUT2D eigenvalue weighted by Crippen LogP contribution is 2.36. The van der Waals surface area contributed by atoms with Gasteiger partial charge in [0.2, 0.25) is 11.8 Å². The first-order chi connectivity index (χ1) is 17.5. The molecule has 12 nitrogen and oxygen atoms in total. The number of benzene rings is 1. The third-order valence-electron chi connectivity index (χ3n) is 6.04. The SMILES string of the molecule is COCCOc1c(N2CCN(C(=O)OC(C)(C)C)CC2)ccc(C(=O)O)c1CNC1CCC(=O)NC1=O. The van der Waals surface area contributed by atoms with Gasteiger partial charge in [-0.2, -0.15) is 0 Å². The zero-order valence-electron chi connectivity index (χ0n) is 21.8. The van der Waals surface area contributed by atoms with Gasteiger partial charge in [0.15, 0.2) is 0 Å². The second-order valence-electron chi connectivity index (χ2n) is 9.93. The summed E-state index contributed by atoms with van der Waals surface area (Å²) in [5, 5.41) is 15.2. The summed E-state index contributed by atoms with van der Waals surface area (Å²) in [5.74, 6) is -1.52. The van der Waals surface area contributed by atoms with Gasteiger partial charge in [-0.15, -0.1) is 0 Å². The Morgan fingerprint density at radius 3 is 2.43 bits per heavy atom. The van der Waals surface area contributed by atoms with E-state index in [-0.39, 0.29) is 37.1 Å². The Labute approximate surface area is 216 Å². The lowest BCUT2D eigenvalue weighted by molar-refractivity contribution is -0.134. The number of imide groups is 1. The van der Waals surface area contributed by atoms with Crippen molar-refractivity contribution in [3.05, 3.63) is 23.3 Å². The molecule has 3 rings (SSSR count). The molecule has 2 saturated heterocycles. The lowest BCUT2D eigenvalue weighted by Gasteiger charge is -2.37. The molecule has 3 amide bonds. The number of hydrogen-bond acceptors (Lipinski definition) is 9. The van der Waals surface area contributed by atoms with E-state index in [0.717, 1.165) is 0 Å². The predicted octanol–water partition coefficient (Wildman–Crippen LogP) is 1.36. The molecule has 37 heavy (non-hydrogen) atoms. The molecule has 12 heteroatoms. The molecule has 2 aliphatic rings. The summed E-state index contributed by atoms with van der Waals surface area (Å²) in [4.78, 5) is 51.9. The Kier molecular flexibility index (Phi) is 9.33. The highest BCUT2D eigenvalue weighted by molar-refractivity contribution is 6.00. The fraction of sp³-hybridized carbons (Fsp3) is 0.600. The van der Waals surface area contributed by atoms with Gasteiger partial charge in [0.05, 0.1) is 23.9 Å². The van der Waals surface area contributed by atoms with Crippen LogP contribution in [0.4, 0.5) is 10.5 Å². The van der Waals surface area contributed by atoms with Crippen molar-refractivity contribution in [1.29, 1.82) is 0 Å². The van der Waals surface area contributed by atoms with E-state index in [1.165, 1.54) is 6.07 Å². The van der Waals surface area contributed by atoms with Crippen LogP contribution in [-0.2, 0) is 25.6 Å². The van der Waals surface area contributed by atoms with Crippen LogP contribution in [0.25, 0.3) is 0 Å². The lowest BCUT2D eigenvalue weighted by Crippen LogP contribution is -2.50. The number of methoxy groups -OCH3 is 1. The number of hydrogen-bond donors (Lipinski definition) is 3. The summed E-state index contributed by atoms with van der Waals surface area (Å²) in [5.41, 5.74) is 0.530. The fourth-order valence-corrected chi connectivity index (χ4v) is 4.20. The van der Waals surface area contributed by atoms with Crippen LogP contribution in [0.3, 0.4) is 0 Å². The van der Waals surface area contributed by atoms with Gasteiger partial charge in [0, 0.05) is 51.8 Å². The second-order valence-corrected chi connectivity index (χ2v) is 9.93. The van der Waals surface area contributed by atoms with E-state index in [4.69, 9.17) is 14.2 Å². The number of carboxylic acids is 1. The molecule has 0 aliphatic carbocycles.